The summed E-state index contributed by atoms with van der Waals surface area (Å²) in [5, 5.41) is 19.9. The molecule has 0 aliphatic rings. The Morgan fingerprint density at radius 1 is 1.38 bits per heavy atom. The second kappa shape index (κ2) is 7.87. The lowest BCUT2D eigenvalue weighted by Crippen LogP contribution is -2.29. The zero-order valence-corrected chi connectivity index (χ0v) is 15.4. The summed E-state index contributed by atoms with van der Waals surface area (Å²) < 4.78 is 6.62. The molecule has 2 aromatic rings. The minimum absolute atomic E-state index is 0.0471. The van der Waals surface area contributed by atoms with Crippen LogP contribution < -0.4 is 10.3 Å². The van der Waals surface area contributed by atoms with Gasteiger partial charge < -0.3 is 9.84 Å². The fourth-order valence-corrected chi connectivity index (χ4v) is 2.77. The Morgan fingerprint density at radius 3 is 2.65 bits per heavy atom. The van der Waals surface area contributed by atoms with Crippen LogP contribution in [0.25, 0.3) is 0 Å². The summed E-state index contributed by atoms with van der Waals surface area (Å²) in [6.45, 7) is 6.69. The van der Waals surface area contributed by atoms with Crippen molar-refractivity contribution in [2.45, 2.75) is 40.2 Å². The number of aryl methyl sites for hydroxylation is 1. The van der Waals surface area contributed by atoms with Gasteiger partial charge in [0.15, 0.2) is 6.61 Å². The third-order valence-electron chi connectivity index (χ3n) is 4.42. The van der Waals surface area contributed by atoms with Crippen molar-refractivity contribution in [3.8, 4) is 17.7 Å². The molecule has 2 rings (SSSR count). The molecule has 6 nitrogen and oxygen atoms in total. The zero-order chi connectivity index (χ0) is 19.4. The Balaban J connectivity index is 2.46. The van der Waals surface area contributed by atoms with E-state index in [0.717, 1.165) is 10.1 Å². The third kappa shape index (κ3) is 3.62. The van der Waals surface area contributed by atoms with E-state index in [4.69, 9.17) is 4.74 Å². The first-order chi connectivity index (χ1) is 12.3. The van der Waals surface area contributed by atoms with Crippen molar-refractivity contribution in [1.29, 1.82) is 5.26 Å². The monoisotopic (exact) mass is 354 g/mol. The number of ether oxygens (including phenoxy) is 1. The van der Waals surface area contributed by atoms with Crippen LogP contribution in [0.3, 0.4) is 0 Å². The highest BCUT2D eigenvalue weighted by molar-refractivity contribution is 6.01. The summed E-state index contributed by atoms with van der Waals surface area (Å²) in [5.41, 5.74) is 0.391. The van der Waals surface area contributed by atoms with Gasteiger partial charge in [-0.15, -0.1) is 0 Å². The molecule has 0 saturated heterocycles. The molecule has 26 heavy (non-hydrogen) atoms. The van der Waals surface area contributed by atoms with E-state index in [0.29, 0.717) is 12.2 Å². The number of benzene rings is 1. The molecule has 0 spiro atoms. The number of carbonyl (C=O) groups excluding carboxylic acids is 1. The molecule has 0 saturated carbocycles. The van der Waals surface area contributed by atoms with E-state index in [1.54, 1.807) is 19.1 Å². The number of carbonyl (C=O) groups is 1. The molecule has 0 amide bonds. The maximum atomic E-state index is 12.7. The molecule has 6 heteroatoms. The molecule has 1 N–H and O–H groups in total. The number of aromatic nitrogens is 1. The quantitative estimate of drug-likeness (QED) is 0.804. The van der Waals surface area contributed by atoms with E-state index < -0.39 is 17.2 Å². The maximum absolute atomic E-state index is 12.7. The van der Waals surface area contributed by atoms with Crippen LogP contribution in [0.15, 0.2) is 29.1 Å². The molecule has 0 fully saturated rings. The number of Topliss-reactive ketones (excluding diaryl/α,β-unsaturated/α-hetero) is 1. The van der Waals surface area contributed by atoms with Gasteiger partial charge in [-0.25, -0.2) is 0 Å². The fraction of sp³-hybridized carbons (Fsp3) is 0.350. The number of hydrogen-bond donors (Lipinski definition) is 1. The standard InChI is InChI=1S/C20H22N2O4/c1-5-13(3)22-19(24)16(10-21)14(4)18(20(22)25)17(23)11-26-15-8-6-7-12(2)9-15/h6-9,13,25H,5,11H2,1-4H3. The van der Waals surface area contributed by atoms with Gasteiger partial charge in [0.25, 0.3) is 5.56 Å². The molecule has 0 aliphatic heterocycles. The van der Waals surface area contributed by atoms with Gasteiger partial charge in [0, 0.05) is 6.04 Å². The molecule has 136 valence electrons. The first kappa shape index (κ1) is 19.3. The molecule has 0 aliphatic carbocycles. The third-order valence-corrected chi connectivity index (χ3v) is 4.42. The van der Waals surface area contributed by atoms with E-state index in [-0.39, 0.29) is 29.3 Å². The Bertz CT molecular complexity index is 938. The average Bonchev–Trinajstić information content (AvgIpc) is 2.60. The summed E-state index contributed by atoms with van der Waals surface area (Å²) in [6.07, 6.45) is 0.564. The SMILES string of the molecule is CCC(C)n1c(O)c(C(=O)COc2cccc(C)c2)c(C)c(C#N)c1=O. The summed E-state index contributed by atoms with van der Waals surface area (Å²) in [5.74, 6) is -0.375. The van der Waals surface area contributed by atoms with E-state index >= 15 is 0 Å². The molecule has 0 bridgehead atoms. The van der Waals surface area contributed by atoms with Gasteiger partial charge in [-0.2, -0.15) is 5.26 Å². The molecule has 0 radical (unpaired) electrons. The Hall–Kier alpha value is -3.07. The lowest BCUT2D eigenvalue weighted by atomic mass is 10.0. The topological polar surface area (TPSA) is 92.3 Å². The summed E-state index contributed by atoms with van der Waals surface area (Å²) in [4.78, 5) is 25.1. The minimum Gasteiger partial charge on any atom is -0.494 e. The van der Waals surface area contributed by atoms with Crippen molar-refractivity contribution < 1.29 is 14.6 Å². The number of nitriles is 1. The summed E-state index contributed by atoms with van der Waals surface area (Å²) >= 11 is 0. The lowest BCUT2D eigenvalue weighted by Gasteiger charge is -2.19. The minimum atomic E-state index is -0.590. The van der Waals surface area contributed by atoms with Gasteiger partial charge in [0.2, 0.25) is 11.7 Å². The molecular weight excluding hydrogens is 332 g/mol. The number of pyridine rings is 1. The van der Waals surface area contributed by atoms with Crippen LogP contribution in [-0.2, 0) is 0 Å². The lowest BCUT2D eigenvalue weighted by molar-refractivity contribution is 0.0916. The van der Waals surface area contributed by atoms with Crippen molar-refractivity contribution >= 4 is 5.78 Å². The fourth-order valence-electron chi connectivity index (χ4n) is 2.77. The van der Waals surface area contributed by atoms with Gasteiger partial charge in [-0.1, -0.05) is 19.1 Å². The number of aromatic hydroxyl groups is 1. The van der Waals surface area contributed by atoms with Crippen molar-refractivity contribution in [3.05, 3.63) is 56.9 Å². The molecule has 1 aromatic heterocycles. The molecule has 1 unspecified atom stereocenters. The highest BCUT2D eigenvalue weighted by Crippen LogP contribution is 2.26. The predicted octanol–water partition coefficient (Wildman–Crippen LogP) is 3.28. The first-order valence-corrected chi connectivity index (χ1v) is 8.42. The second-order valence-electron chi connectivity index (χ2n) is 6.27. The summed E-state index contributed by atoms with van der Waals surface area (Å²) in [6, 6.07) is 8.75. The van der Waals surface area contributed by atoms with Crippen LogP contribution in [0.2, 0.25) is 0 Å². The maximum Gasteiger partial charge on any atom is 0.271 e. The number of rotatable bonds is 6. The highest BCUT2D eigenvalue weighted by Gasteiger charge is 2.25. The molecule has 1 aromatic carbocycles. The Labute approximate surface area is 152 Å². The van der Waals surface area contributed by atoms with Gasteiger partial charge >= 0.3 is 0 Å². The second-order valence-corrected chi connectivity index (χ2v) is 6.27. The van der Waals surface area contributed by atoms with Gasteiger partial charge in [0.1, 0.15) is 17.4 Å². The van der Waals surface area contributed by atoms with Crippen LogP contribution >= 0.6 is 0 Å². The van der Waals surface area contributed by atoms with E-state index in [1.165, 1.54) is 6.92 Å². The van der Waals surface area contributed by atoms with Crippen LogP contribution in [0.4, 0.5) is 0 Å². The molecular formula is C20H22N2O4. The Kier molecular flexibility index (Phi) is 5.83. The van der Waals surface area contributed by atoms with Crippen molar-refractivity contribution in [2.75, 3.05) is 6.61 Å². The van der Waals surface area contributed by atoms with Crippen LogP contribution in [-0.4, -0.2) is 22.1 Å². The normalized spacial score (nSPS) is 11.7. The molecule has 1 atom stereocenters. The number of nitrogens with zero attached hydrogens (tertiary/aromatic N) is 2. The van der Waals surface area contributed by atoms with Gasteiger partial charge in [0.05, 0.1) is 5.56 Å². The van der Waals surface area contributed by atoms with Gasteiger partial charge in [-0.3, -0.25) is 14.2 Å². The average molecular weight is 354 g/mol. The van der Waals surface area contributed by atoms with Crippen molar-refractivity contribution in [3.63, 3.8) is 0 Å². The largest absolute Gasteiger partial charge is 0.494 e. The van der Waals surface area contributed by atoms with Gasteiger partial charge in [-0.05, 0) is 50.5 Å². The zero-order valence-electron chi connectivity index (χ0n) is 15.4. The van der Waals surface area contributed by atoms with Crippen molar-refractivity contribution in [2.24, 2.45) is 0 Å². The van der Waals surface area contributed by atoms with Crippen LogP contribution in [0, 0.1) is 25.2 Å². The smallest absolute Gasteiger partial charge is 0.271 e. The Morgan fingerprint density at radius 2 is 2.08 bits per heavy atom. The predicted molar refractivity (Wildman–Crippen MR) is 97.8 cm³/mol. The number of ketones is 1. The van der Waals surface area contributed by atoms with E-state index in [2.05, 4.69) is 0 Å². The van der Waals surface area contributed by atoms with E-state index in [9.17, 15) is 20.0 Å². The molecule has 1 heterocycles. The van der Waals surface area contributed by atoms with Crippen LogP contribution in [0.1, 0.15) is 53.4 Å². The van der Waals surface area contributed by atoms with Crippen LogP contribution in [0.5, 0.6) is 11.6 Å². The summed E-state index contributed by atoms with van der Waals surface area (Å²) in [7, 11) is 0. The first-order valence-electron chi connectivity index (χ1n) is 8.42. The van der Waals surface area contributed by atoms with Crippen molar-refractivity contribution in [1.82, 2.24) is 4.57 Å². The van der Waals surface area contributed by atoms with E-state index in [1.807, 2.05) is 32.0 Å². The highest BCUT2D eigenvalue weighted by atomic mass is 16.5. The number of hydrogen-bond acceptors (Lipinski definition) is 5.